The summed E-state index contributed by atoms with van der Waals surface area (Å²) < 4.78 is 40.5. The molecule has 2 aromatic carbocycles. The first-order valence-corrected chi connectivity index (χ1v) is 8.17. The number of nitro groups is 1. The monoisotopic (exact) mass is 405 g/mol. The maximum atomic E-state index is 12.2. The molecule has 0 unspecified atom stereocenters. The summed E-state index contributed by atoms with van der Waals surface area (Å²) in [5, 5.41) is 17.2. The first-order chi connectivity index (χ1) is 13.7. The zero-order chi connectivity index (χ0) is 21.0. The Bertz CT molecular complexity index is 1010. The number of rotatable bonds is 6. The largest absolute Gasteiger partial charge is 0.573 e. The molecule has 0 aliphatic carbocycles. The standard InChI is InChI=1S/C18H14F3N5O3/c1-11-2-4-12(5-3-11)24-16-15(26(27)28)17(23-10-22-16)25-13-6-8-14(9-7-13)29-18(19,20)21/h2-10H,1H3,(H2,22,23,24,25). The predicted octanol–water partition coefficient (Wildman–Crippen LogP) is 5.08. The van der Waals surface area contributed by atoms with E-state index in [0.717, 1.165) is 24.0 Å². The Kier molecular flexibility index (Phi) is 5.48. The highest BCUT2D eigenvalue weighted by atomic mass is 19.4. The number of halogens is 3. The van der Waals surface area contributed by atoms with Gasteiger partial charge in [0.2, 0.25) is 11.6 Å². The lowest BCUT2D eigenvalue weighted by Crippen LogP contribution is -2.17. The number of aryl methyl sites for hydroxylation is 1. The quantitative estimate of drug-likeness (QED) is 0.435. The highest BCUT2D eigenvalue weighted by Crippen LogP contribution is 2.33. The smallest absolute Gasteiger partial charge is 0.406 e. The van der Waals surface area contributed by atoms with E-state index >= 15 is 0 Å². The molecule has 150 valence electrons. The molecule has 1 heterocycles. The lowest BCUT2D eigenvalue weighted by Gasteiger charge is -2.11. The minimum Gasteiger partial charge on any atom is -0.406 e. The van der Waals surface area contributed by atoms with Gasteiger partial charge in [0.25, 0.3) is 0 Å². The summed E-state index contributed by atoms with van der Waals surface area (Å²) in [6, 6.07) is 11.9. The van der Waals surface area contributed by atoms with Crippen LogP contribution in [0.25, 0.3) is 0 Å². The second-order valence-corrected chi connectivity index (χ2v) is 5.86. The molecule has 0 aliphatic rings. The third-order valence-corrected chi connectivity index (χ3v) is 3.67. The summed E-state index contributed by atoms with van der Waals surface area (Å²) in [6.45, 7) is 1.91. The van der Waals surface area contributed by atoms with Crippen molar-refractivity contribution in [1.29, 1.82) is 0 Å². The van der Waals surface area contributed by atoms with Crippen molar-refractivity contribution >= 4 is 28.7 Å². The van der Waals surface area contributed by atoms with Crippen molar-refractivity contribution in [3.05, 3.63) is 70.5 Å². The summed E-state index contributed by atoms with van der Waals surface area (Å²) in [7, 11) is 0. The van der Waals surface area contributed by atoms with E-state index in [1.165, 1.54) is 12.1 Å². The Morgan fingerprint density at radius 2 is 1.41 bits per heavy atom. The molecule has 0 saturated carbocycles. The number of benzene rings is 2. The van der Waals surface area contributed by atoms with Crippen LogP contribution in [0.3, 0.4) is 0 Å². The van der Waals surface area contributed by atoms with Crippen molar-refractivity contribution in [3.63, 3.8) is 0 Å². The molecule has 0 amide bonds. The number of anilines is 4. The summed E-state index contributed by atoms with van der Waals surface area (Å²) in [4.78, 5) is 18.7. The fourth-order valence-electron chi connectivity index (χ4n) is 2.38. The first kappa shape index (κ1) is 19.9. The fraction of sp³-hybridized carbons (Fsp3) is 0.111. The molecule has 2 N–H and O–H groups in total. The van der Waals surface area contributed by atoms with Gasteiger partial charge >= 0.3 is 12.0 Å². The molecule has 3 aromatic rings. The van der Waals surface area contributed by atoms with E-state index in [2.05, 4.69) is 25.3 Å². The third-order valence-electron chi connectivity index (χ3n) is 3.67. The first-order valence-electron chi connectivity index (χ1n) is 8.17. The van der Waals surface area contributed by atoms with Crippen LogP contribution in [-0.4, -0.2) is 21.3 Å². The molecule has 8 nitrogen and oxygen atoms in total. The molecule has 29 heavy (non-hydrogen) atoms. The van der Waals surface area contributed by atoms with Gasteiger partial charge in [-0.05, 0) is 43.3 Å². The van der Waals surface area contributed by atoms with Gasteiger partial charge in [-0.25, -0.2) is 9.97 Å². The van der Waals surface area contributed by atoms with Gasteiger partial charge < -0.3 is 15.4 Å². The zero-order valence-corrected chi connectivity index (χ0v) is 14.9. The fourth-order valence-corrected chi connectivity index (χ4v) is 2.38. The molecule has 0 atom stereocenters. The molecule has 0 spiro atoms. The molecule has 0 fully saturated rings. The molecular formula is C18H14F3N5O3. The van der Waals surface area contributed by atoms with E-state index in [9.17, 15) is 23.3 Å². The zero-order valence-electron chi connectivity index (χ0n) is 14.9. The SMILES string of the molecule is Cc1ccc(Nc2ncnc(Nc3ccc(OC(F)(F)F)cc3)c2[N+](=O)[O-])cc1. The van der Waals surface area contributed by atoms with Crippen LogP contribution in [0.2, 0.25) is 0 Å². The highest BCUT2D eigenvalue weighted by Gasteiger charge is 2.31. The van der Waals surface area contributed by atoms with E-state index in [1.54, 1.807) is 12.1 Å². The molecule has 3 rings (SSSR count). The Balaban J connectivity index is 1.85. The molecular weight excluding hydrogens is 391 g/mol. The van der Waals surface area contributed by atoms with Gasteiger partial charge in [-0.2, -0.15) is 0 Å². The second kappa shape index (κ2) is 8.00. The van der Waals surface area contributed by atoms with Crippen LogP contribution in [0.15, 0.2) is 54.9 Å². The molecule has 0 saturated heterocycles. The maximum absolute atomic E-state index is 12.2. The maximum Gasteiger partial charge on any atom is 0.573 e. The van der Waals surface area contributed by atoms with Crippen LogP contribution < -0.4 is 15.4 Å². The molecule has 0 aliphatic heterocycles. The van der Waals surface area contributed by atoms with Crippen LogP contribution in [0.4, 0.5) is 41.9 Å². The van der Waals surface area contributed by atoms with Crippen molar-refractivity contribution in [2.45, 2.75) is 13.3 Å². The van der Waals surface area contributed by atoms with E-state index in [-0.39, 0.29) is 17.3 Å². The third kappa shape index (κ3) is 5.31. The second-order valence-electron chi connectivity index (χ2n) is 5.86. The van der Waals surface area contributed by atoms with Gasteiger partial charge in [-0.15, -0.1) is 13.2 Å². The number of alkyl halides is 3. The van der Waals surface area contributed by atoms with Gasteiger partial charge in [-0.3, -0.25) is 10.1 Å². The highest BCUT2D eigenvalue weighted by molar-refractivity contribution is 5.76. The molecule has 1 aromatic heterocycles. The summed E-state index contributed by atoms with van der Waals surface area (Å²) in [6.07, 6.45) is -3.68. The Labute approximate surface area is 162 Å². The minimum atomic E-state index is -4.81. The van der Waals surface area contributed by atoms with E-state index in [4.69, 9.17) is 0 Å². The van der Waals surface area contributed by atoms with Crippen LogP contribution in [0, 0.1) is 17.0 Å². The summed E-state index contributed by atoms with van der Waals surface area (Å²) in [5.74, 6) is -0.570. The van der Waals surface area contributed by atoms with Crippen LogP contribution in [-0.2, 0) is 0 Å². The molecule has 0 bridgehead atoms. The molecule has 0 radical (unpaired) electrons. The van der Waals surface area contributed by atoms with Crippen molar-refractivity contribution in [2.75, 3.05) is 10.6 Å². The summed E-state index contributed by atoms with van der Waals surface area (Å²) in [5.41, 5.74) is 1.48. The number of hydrogen-bond acceptors (Lipinski definition) is 7. The number of nitrogens with one attached hydrogen (secondary N) is 2. The van der Waals surface area contributed by atoms with Gasteiger partial charge in [0.15, 0.2) is 0 Å². The van der Waals surface area contributed by atoms with E-state index in [1.807, 2.05) is 19.1 Å². The van der Waals surface area contributed by atoms with Gasteiger partial charge in [0.05, 0.1) is 4.92 Å². The van der Waals surface area contributed by atoms with Gasteiger partial charge in [-0.1, -0.05) is 17.7 Å². The van der Waals surface area contributed by atoms with Crippen molar-refractivity contribution < 1.29 is 22.8 Å². The van der Waals surface area contributed by atoms with Crippen molar-refractivity contribution in [1.82, 2.24) is 9.97 Å². The van der Waals surface area contributed by atoms with Crippen molar-refractivity contribution in [3.8, 4) is 5.75 Å². The Morgan fingerprint density at radius 1 is 0.931 bits per heavy atom. The normalized spacial score (nSPS) is 11.0. The number of hydrogen-bond donors (Lipinski definition) is 2. The summed E-state index contributed by atoms with van der Waals surface area (Å²) >= 11 is 0. The Morgan fingerprint density at radius 3 is 1.86 bits per heavy atom. The van der Waals surface area contributed by atoms with E-state index in [0.29, 0.717) is 5.69 Å². The van der Waals surface area contributed by atoms with Crippen molar-refractivity contribution in [2.24, 2.45) is 0 Å². The lowest BCUT2D eigenvalue weighted by molar-refractivity contribution is -0.383. The predicted molar refractivity (Wildman–Crippen MR) is 99.6 cm³/mol. The average molecular weight is 405 g/mol. The number of nitrogens with zero attached hydrogens (tertiary/aromatic N) is 3. The average Bonchev–Trinajstić information content (AvgIpc) is 2.64. The van der Waals surface area contributed by atoms with Crippen LogP contribution in [0.1, 0.15) is 5.56 Å². The lowest BCUT2D eigenvalue weighted by atomic mass is 10.2. The minimum absolute atomic E-state index is 0.0339. The van der Waals surface area contributed by atoms with Crippen LogP contribution >= 0.6 is 0 Å². The number of ether oxygens (including phenoxy) is 1. The van der Waals surface area contributed by atoms with Gasteiger partial charge in [0.1, 0.15) is 12.1 Å². The van der Waals surface area contributed by atoms with Gasteiger partial charge in [0, 0.05) is 11.4 Å². The topological polar surface area (TPSA) is 102 Å². The molecule has 11 heteroatoms. The number of aromatic nitrogens is 2. The Hall–Kier alpha value is -3.89. The van der Waals surface area contributed by atoms with Crippen LogP contribution in [0.5, 0.6) is 5.75 Å². The van der Waals surface area contributed by atoms with E-state index < -0.39 is 22.7 Å².